The molecule has 370 valence electrons. The SMILES string of the molecule is CC[C@@H]1O[C@@H](C)CC/C=C\[C@@H]2C[C@@]2(C(=O)NS(=O)(=O)C2(C)CC2)NC(=O)[C@@H]2C[C@@H](Oc3nc(-c4ccc(OC(C)C)cn4)cc4cc(OC)ccc34)CN2C(=O)[C@H]1NC(=O)OC(C)(C)C(C)(F)F. The predicted molar refractivity (Wildman–Crippen MR) is 247 cm³/mol. The monoisotopic (exact) mass is 968 g/mol. The molecule has 4 heterocycles. The molecule has 20 heteroatoms. The Labute approximate surface area is 395 Å². The average Bonchev–Trinajstić information content (AvgIpc) is 4.15. The van der Waals surface area contributed by atoms with Crippen molar-refractivity contribution in [2.24, 2.45) is 5.92 Å². The molecule has 68 heavy (non-hydrogen) atoms. The normalized spacial score (nSPS) is 26.9. The summed E-state index contributed by atoms with van der Waals surface area (Å²) in [6.45, 7) is 11.3. The lowest BCUT2D eigenvalue weighted by molar-refractivity contribution is -0.153. The van der Waals surface area contributed by atoms with Gasteiger partial charge in [0.05, 0.1) is 54.3 Å². The molecule has 3 N–H and O–H groups in total. The summed E-state index contributed by atoms with van der Waals surface area (Å²) >= 11 is 0. The number of rotatable bonds is 13. The number of hydrogen-bond acceptors (Lipinski definition) is 13. The Kier molecular flexibility index (Phi) is 14.1. The number of alkyl halides is 2. The molecule has 2 aromatic heterocycles. The minimum atomic E-state index is -4.11. The molecule has 2 aliphatic carbocycles. The van der Waals surface area contributed by atoms with Crippen LogP contribution in [0.2, 0.25) is 0 Å². The largest absolute Gasteiger partial charge is 0.497 e. The molecule has 4 aliphatic rings. The number of methoxy groups -OCH3 is 1. The maximum atomic E-state index is 15.2. The zero-order chi connectivity index (χ0) is 49.6. The van der Waals surface area contributed by atoms with Crippen molar-refractivity contribution >= 4 is 44.6 Å². The predicted octanol–water partition coefficient (Wildman–Crippen LogP) is 6.38. The molecule has 3 fully saturated rings. The van der Waals surface area contributed by atoms with Crippen LogP contribution in [0.15, 0.2) is 54.7 Å². The first kappa shape index (κ1) is 50.3. The third-order valence-corrected chi connectivity index (χ3v) is 15.5. The topological polar surface area (TPSA) is 214 Å². The van der Waals surface area contributed by atoms with Crippen LogP contribution in [0.4, 0.5) is 13.6 Å². The number of allylic oxidation sites excluding steroid dienone is 1. The summed E-state index contributed by atoms with van der Waals surface area (Å²) < 4.78 is 86.6. The second-order valence-corrected chi connectivity index (χ2v) is 21.6. The number of carbonyl (C=O) groups is 4. The Morgan fingerprint density at radius 3 is 2.43 bits per heavy atom. The highest BCUT2D eigenvalue weighted by Crippen LogP contribution is 2.48. The number of aromatic nitrogens is 2. The van der Waals surface area contributed by atoms with E-state index >= 15 is 4.79 Å². The molecule has 7 atom stereocenters. The zero-order valence-corrected chi connectivity index (χ0v) is 40.7. The Bertz CT molecular complexity index is 2550. The van der Waals surface area contributed by atoms with E-state index in [0.29, 0.717) is 66.3 Å². The third kappa shape index (κ3) is 10.6. The van der Waals surface area contributed by atoms with Crippen molar-refractivity contribution in [1.29, 1.82) is 0 Å². The molecule has 17 nitrogen and oxygen atoms in total. The third-order valence-electron chi connectivity index (χ3n) is 13.3. The van der Waals surface area contributed by atoms with Gasteiger partial charge in [0.15, 0.2) is 5.60 Å². The Hall–Kier alpha value is -5.63. The van der Waals surface area contributed by atoms with Crippen molar-refractivity contribution in [2.75, 3.05) is 13.7 Å². The zero-order valence-electron chi connectivity index (χ0n) is 39.9. The minimum Gasteiger partial charge on any atom is -0.497 e. The standard InChI is InChI=1S/C48H62F2N6O11S/c1-10-38-39(53-44(60)67-45(5,6)47(8,49)50)42(58)56-26-33(66-41-34-17-15-31(63-9)21-29(34)22-36(52-41)35-18-16-32(25-51-35)64-27(2)3)23-37(56)40(57)54-48(24-30(48)14-12-11-13-28(4)65-38)43(59)55-68(61,62)46(7)19-20-46/h12,14-18,21-22,25,27-28,30,33,37-39H,10-11,13,19-20,23-24,26H2,1-9H3,(H,53,60)(H,54,57)(H,55,59)/b14-12-/t28-,30+,33+,37-,38-,39-,48+/m0/s1. The lowest BCUT2D eigenvalue weighted by Crippen LogP contribution is -2.61. The van der Waals surface area contributed by atoms with Gasteiger partial charge >= 0.3 is 6.09 Å². The van der Waals surface area contributed by atoms with Crippen LogP contribution in [0, 0.1) is 5.92 Å². The molecule has 0 bridgehead atoms. The molecule has 0 unspecified atom stereocenters. The van der Waals surface area contributed by atoms with Gasteiger partial charge in [-0.3, -0.25) is 24.1 Å². The molecule has 4 amide bonds. The van der Waals surface area contributed by atoms with E-state index in [1.807, 2.05) is 26.0 Å². The number of hydrogen-bond donors (Lipinski definition) is 3. The summed E-state index contributed by atoms with van der Waals surface area (Å²) in [5.41, 5.74) is -3.05. The second-order valence-electron chi connectivity index (χ2n) is 19.4. The van der Waals surface area contributed by atoms with Crippen LogP contribution < -0.4 is 29.6 Å². The smallest absolute Gasteiger partial charge is 0.408 e. The number of sulfonamides is 1. The van der Waals surface area contributed by atoms with Gasteiger partial charge in [0.2, 0.25) is 27.7 Å². The highest BCUT2D eigenvalue weighted by molar-refractivity contribution is 7.91. The number of alkyl carbamates (subject to hydrolysis) is 1. The lowest BCUT2D eigenvalue weighted by Gasteiger charge is -2.35. The summed E-state index contributed by atoms with van der Waals surface area (Å²) in [5, 5.41) is 6.58. The van der Waals surface area contributed by atoms with Gasteiger partial charge in [-0.05, 0) is 122 Å². The van der Waals surface area contributed by atoms with Crippen molar-refractivity contribution < 1.29 is 60.1 Å². The summed E-state index contributed by atoms with van der Waals surface area (Å²) in [6.07, 6.45) is 3.00. The fourth-order valence-electron chi connectivity index (χ4n) is 8.36. The molecule has 0 radical (unpaired) electrons. The quantitative estimate of drug-likeness (QED) is 0.159. The Morgan fingerprint density at radius 1 is 1.07 bits per heavy atom. The summed E-state index contributed by atoms with van der Waals surface area (Å²) in [7, 11) is -2.58. The molecule has 3 aromatic rings. The summed E-state index contributed by atoms with van der Waals surface area (Å²) in [5.74, 6) is -5.32. The number of amides is 4. The number of benzene rings is 1. The number of carbonyl (C=O) groups excluding carboxylic acids is 4. The van der Waals surface area contributed by atoms with Crippen LogP contribution in [0.3, 0.4) is 0 Å². The van der Waals surface area contributed by atoms with Crippen molar-refractivity contribution in [2.45, 2.75) is 159 Å². The van der Waals surface area contributed by atoms with Crippen LogP contribution >= 0.6 is 0 Å². The number of ether oxygens (including phenoxy) is 5. The van der Waals surface area contributed by atoms with E-state index in [2.05, 4.69) is 20.3 Å². The fourth-order valence-corrected chi connectivity index (χ4v) is 9.68. The molecule has 0 spiro atoms. The van der Waals surface area contributed by atoms with Gasteiger partial charge < -0.3 is 39.2 Å². The number of nitrogens with zero attached hydrogens (tertiary/aromatic N) is 3. The fraction of sp³-hybridized carbons (Fsp3) is 0.583. The van der Waals surface area contributed by atoms with Gasteiger partial charge in [0.25, 0.3) is 11.8 Å². The number of halogens is 2. The molecular weight excluding hydrogens is 907 g/mol. The molecule has 2 saturated carbocycles. The number of fused-ring (bicyclic) bond motifs is 3. The molecule has 2 aliphatic heterocycles. The van der Waals surface area contributed by atoms with E-state index in [1.165, 1.54) is 12.0 Å². The van der Waals surface area contributed by atoms with Gasteiger partial charge in [-0.25, -0.2) is 27.0 Å². The van der Waals surface area contributed by atoms with Crippen molar-refractivity contribution in [3.63, 3.8) is 0 Å². The van der Waals surface area contributed by atoms with E-state index < -0.39 is 92.0 Å². The van der Waals surface area contributed by atoms with E-state index in [0.717, 1.165) is 13.8 Å². The first-order chi connectivity index (χ1) is 31.9. The van der Waals surface area contributed by atoms with Gasteiger partial charge in [-0.1, -0.05) is 19.1 Å². The van der Waals surface area contributed by atoms with Crippen molar-refractivity contribution in [3.8, 4) is 28.8 Å². The summed E-state index contributed by atoms with van der Waals surface area (Å²) in [6, 6.07) is 7.68. The Morgan fingerprint density at radius 2 is 1.79 bits per heavy atom. The van der Waals surface area contributed by atoms with Gasteiger partial charge in [0.1, 0.15) is 35.2 Å². The first-order valence-corrected chi connectivity index (χ1v) is 24.5. The second kappa shape index (κ2) is 19.0. The average molecular weight is 969 g/mol. The number of nitrogens with one attached hydrogen (secondary N) is 3. The van der Waals surface area contributed by atoms with Crippen molar-refractivity contribution in [3.05, 3.63) is 54.7 Å². The molecule has 1 aromatic carbocycles. The van der Waals surface area contributed by atoms with E-state index in [1.54, 1.807) is 63.4 Å². The highest BCUT2D eigenvalue weighted by Gasteiger charge is 2.63. The molecule has 1 saturated heterocycles. The van der Waals surface area contributed by atoms with Gasteiger partial charge in [-0.15, -0.1) is 0 Å². The minimum absolute atomic E-state index is 0.0779. The van der Waals surface area contributed by atoms with Crippen LogP contribution in [-0.4, -0.2) is 119 Å². The van der Waals surface area contributed by atoms with Crippen LogP contribution in [0.5, 0.6) is 17.4 Å². The van der Waals surface area contributed by atoms with E-state index in [-0.39, 0.29) is 37.8 Å². The van der Waals surface area contributed by atoms with Crippen molar-refractivity contribution in [1.82, 2.24) is 30.2 Å². The molecular formula is C48H62F2N6O11S. The van der Waals surface area contributed by atoms with E-state index in [4.69, 9.17) is 28.7 Å². The van der Waals surface area contributed by atoms with Crippen LogP contribution in [0.25, 0.3) is 22.2 Å². The lowest BCUT2D eigenvalue weighted by atomic mass is 10.0. The first-order valence-electron chi connectivity index (χ1n) is 23.1. The highest BCUT2D eigenvalue weighted by atomic mass is 32.2. The number of pyridine rings is 2. The van der Waals surface area contributed by atoms with Gasteiger partial charge in [-0.2, -0.15) is 0 Å². The van der Waals surface area contributed by atoms with E-state index in [9.17, 15) is 31.6 Å². The summed E-state index contributed by atoms with van der Waals surface area (Å²) in [4.78, 5) is 68.4. The maximum Gasteiger partial charge on any atom is 0.408 e. The maximum absolute atomic E-state index is 15.2. The molecule has 7 rings (SSSR count). The van der Waals surface area contributed by atoms with Gasteiger partial charge in [0, 0.05) is 24.6 Å². The van der Waals surface area contributed by atoms with Crippen LogP contribution in [0.1, 0.15) is 100 Å². The van der Waals surface area contributed by atoms with Crippen LogP contribution in [-0.2, 0) is 33.9 Å². The Balaban J connectivity index is 1.28.